The molecule has 1 fully saturated rings. The quantitative estimate of drug-likeness (QED) is 0.706. The van der Waals surface area contributed by atoms with Gasteiger partial charge in [-0.2, -0.15) is 0 Å². The van der Waals surface area contributed by atoms with Crippen LogP contribution < -0.4 is 0 Å². The molecule has 60 valence electrons. The van der Waals surface area contributed by atoms with Gasteiger partial charge in [-0.05, 0) is 0 Å². The Hall–Kier alpha value is 0.880. The highest BCUT2D eigenvalue weighted by Gasteiger charge is 2.16. The van der Waals surface area contributed by atoms with Crippen molar-refractivity contribution in [2.45, 2.75) is 5.01 Å². The largest absolute Gasteiger partial charge is 0.364 e. The summed E-state index contributed by atoms with van der Waals surface area (Å²) in [5.41, 5.74) is 0. The monoisotopic (exact) mass is 271 g/mol. The van der Waals surface area contributed by atoms with Crippen molar-refractivity contribution in [2.24, 2.45) is 0 Å². The fourth-order valence-corrected chi connectivity index (χ4v) is 2.08. The number of hydrogen-bond donors (Lipinski definition) is 0. The minimum absolute atomic E-state index is 0.236. The fraction of sp³-hybridized carbons (Fsp3) is 1.00. The maximum Gasteiger partial charge on any atom is 0.125 e. The molecule has 1 aliphatic rings. The SMILES string of the molecule is BrCCN1CCOC(Br)C1. The summed E-state index contributed by atoms with van der Waals surface area (Å²) in [4.78, 5) is 2.37. The Morgan fingerprint density at radius 1 is 1.60 bits per heavy atom. The summed E-state index contributed by atoms with van der Waals surface area (Å²) in [6, 6.07) is 0. The number of nitrogens with zero attached hydrogens (tertiary/aromatic N) is 1. The van der Waals surface area contributed by atoms with Gasteiger partial charge in [0.05, 0.1) is 6.61 Å². The molecule has 0 aromatic carbocycles. The number of morpholine rings is 1. The molecule has 0 radical (unpaired) electrons. The van der Waals surface area contributed by atoms with Crippen molar-refractivity contribution in [3.63, 3.8) is 0 Å². The first-order valence-corrected chi connectivity index (χ1v) is 5.40. The zero-order valence-corrected chi connectivity index (χ0v) is 8.90. The zero-order valence-electron chi connectivity index (χ0n) is 5.72. The first-order valence-electron chi connectivity index (χ1n) is 3.37. The van der Waals surface area contributed by atoms with Gasteiger partial charge in [-0.1, -0.05) is 31.9 Å². The van der Waals surface area contributed by atoms with Crippen molar-refractivity contribution in [2.75, 3.05) is 31.6 Å². The van der Waals surface area contributed by atoms with Crippen molar-refractivity contribution in [3.8, 4) is 0 Å². The lowest BCUT2D eigenvalue weighted by Crippen LogP contribution is -2.40. The van der Waals surface area contributed by atoms with Crippen molar-refractivity contribution in [3.05, 3.63) is 0 Å². The van der Waals surface area contributed by atoms with E-state index in [-0.39, 0.29) is 5.01 Å². The van der Waals surface area contributed by atoms with E-state index in [4.69, 9.17) is 4.74 Å². The van der Waals surface area contributed by atoms with Crippen molar-refractivity contribution < 1.29 is 4.74 Å². The third-order valence-corrected chi connectivity index (χ3v) is 2.42. The molecule has 0 bridgehead atoms. The van der Waals surface area contributed by atoms with Crippen LogP contribution in [0, 0.1) is 0 Å². The average Bonchev–Trinajstić information content (AvgIpc) is 1.88. The van der Waals surface area contributed by atoms with Gasteiger partial charge in [-0.3, -0.25) is 4.90 Å². The van der Waals surface area contributed by atoms with Crippen LogP contribution in [0.4, 0.5) is 0 Å². The Labute approximate surface area is 78.2 Å². The van der Waals surface area contributed by atoms with Gasteiger partial charge in [-0.25, -0.2) is 0 Å². The number of rotatable bonds is 2. The van der Waals surface area contributed by atoms with E-state index >= 15 is 0 Å². The topological polar surface area (TPSA) is 12.5 Å². The number of alkyl halides is 2. The van der Waals surface area contributed by atoms with E-state index < -0.39 is 0 Å². The Kier molecular flexibility index (Phi) is 4.21. The highest BCUT2D eigenvalue weighted by Crippen LogP contribution is 2.09. The van der Waals surface area contributed by atoms with Crippen LogP contribution >= 0.6 is 31.9 Å². The minimum atomic E-state index is 0.236. The molecular weight excluding hydrogens is 262 g/mol. The maximum atomic E-state index is 5.31. The molecule has 0 saturated carbocycles. The predicted octanol–water partition coefficient (Wildman–Crippen LogP) is 1.43. The third kappa shape index (κ3) is 2.86. The van der Waals surface area contributed by atoms with E-state index in [1.165, 1.54) is 0 Å². The van der Waals surface area contributed by atoms with Gasteiger partial charge in [0.25, 0.3) is 0 Å². The van der Waals surface area contributed by atoms with Crippen molar-refractivity contribution in [1.82, 2.24) is 4.90 Å². The van der Waals surface area contributed by atoms with E-state index in [1.807, 2.05) is 0 Å². The average molecular weight is 273 g/mol. The molecule has 1 atom stereocenters. The minimum Gasteiger partial charge on any atom is -0.364 e. The van der Waals surface area contributed by atoms with Crippen molar-refractivity contribution >= 4 is 31.9 Å². The van der Waals surface area contributed by atoms with E-state index in [1.54, 1.807) is 0 Å². The summed E-state index contributed by atoms with van der Waals surface area (Å²) >= 11 is 6.83. The molecule has 0 aromatic rings. The molecule has 0 amide bonds. The molecule has 1 heterocycles. The zero-order chi connectivity index (χ0) is 7.40. The van der Waals surface area contributed by atoms with Crippen molar-refractivity contribution in [1.29, 1.82) is 0 Å². The summed E-state index contributed by atoms with van der Waals surface area (Å²) in [5, 5.41) is 1.28. The molecule has 0 spiro atoms. The molecule has 10 heavy (non-hydrogen) atoms. The molecule has 1 rings (SSSR count). The van der Waals surface area contributed by atoms with Crippen LogP contribution in [0.15, 0.2) is 0 Å². The van der Waals surface area contributed by atoms with E-state index in [0.29, 0.717) is 0 Å². The van der Waals surface area contributed by atoms with Crippen LogP contribution in [0.2, 0.25) is 0 Å². The lowest BCUT2D eigenvalue weighted by atomic mass is 10.4. The highest BCUT2D eigenvalue weighted by molar-refractivity contribution is 9.09. The van der Waals surface area contributed by atoms with Crippen LogP contribution in [0.3, 0.4) is 0 Å². The summed E-state index contributed by atoms with van der Waals surface area (Å²) in [6.45, 7) is 4.04. The summed E-state index contributed by atoms with van der Waals surface area (Å²) in [7, 11) is 0. The second-order valence-corrected chi connectivity index (χ2v) is 4.08. The van der Waals surface area contributed by atoms with Gasteiger partial charge in [-0.15, -0.1) is 0 Å². The Morgan fingerprint density at radius 3 is 3.00 bits per heavy atom. The Morgan fingerprint density at radius 2 is 2.40 bits per heavy atom. The molecule has 2 nitrogen and oxygen atoms in total. The predicted molar refractivity (Wildman–Crippen MR) is 48.9 cm³/mol. The van der Waals surface area contributed by atoms with Gasteiger partial charge >= 0.3 is 0 Å². The number of ether oxygens (including phenoxy) is 1. The normalized spacial score (nSPS) is 28.8. The van der Waals surface area contributed by atoms with Gasteiger partial charge in [0.1, 0.15) is 5.01 Å². The lowest BCUT2D eigenvalue weighted by molar-refractivity contribution is 0.0247. The van der Waals surface area contributed by atoms with E-state index in [0.717, 1.165) is 31.6 Å². The van der Waals surface area contributed by atoms with Gasteiger partial charge in [0.2, 0.25) is 0 Å². The number of hydrogen-bond acceptors (Lipinski definition) is 2. The van der Waals surface area contributed by atoms with Crippen LogP contribution in [-0.2, 0) is 4.74 Å². The summed E-state index contributed by atoms with van der Waals surface area (Å²) in [5.74, 6) is 0. The first-order chi connectivity index (χ1) is 4.83. The fourth-order valence-electron chi connectivity index (χ4n) is 0.979. The molecule has 4 heteroatoms. The molecular formula is C6H11Br2NO. The maximum absolute atomic E-state index is 5.31. The Balaban J connectivity index is 2.18. The van der Waals surface area contributed by atoms with E-state index in [2.05, 4.69) is 36.8 Å². The molecule has 0 aromatic heterocycles. The van der Waals surface area contributed by atoms with E-state index in [9.17, 15) is 0 Å². The molecule has 0 aliphatic carbocycles. The van der Waals surface area contributed by atoms with Gasteiger partial charge < -0.3 is 4.74 Å². The van der Waals surface area contributed by atoms with Crippen LogP contribution in [-0.4, -0.2) is 41.5 Å². The molecule has 1 aliphatic heterocycles. The third-order valence-electron chi connectivity index (χ3n) is 1.51. The van der Waals surface area contributed by atoms with Gasteiger partial charge in [0.15, 0.2) is 0 Å². The standard InChI is InChI=1S/C6H11Br2NO/c7-1-2-9-3-4-10-6(8)5-9/h6H,1-5H2. The van der Waals surface area contributed by atoms with Crippen LogP contribution in [0.1, 0.15) is 0 Å². The van der Waals surface area contributed by atoms with Gasteiger partial charge in [0, 0.05) is 25.0 Å². The van der Waals surface area contributed by atoms with Crippen LogP contribution in [0.5, 0.6) is 0 Å². The smallest absolute Gasteiger partial charge is 0.125 e. The molecule has 1 saturated heterocycles. The number of halogens is 2. The van der Waals surface area contributed by atoms with Crippen LogP contribution in [0.25, 0.3) is 0 Å². The molecule has 1 unspecified atom stereocenters. The first kappa shape index (κ1) is 8.97. The Bertz CT molecular complexity index is 99.7. The highest BCUT2D eigenvalue weighted by atomic mass is 79.9. The summed E-state index contributed by atoms with van der Waals surface area (Å²) < 4.78 is 5.31. The lowest BCUT2D eigenvalue weighted by Gasteiger charge is -2.29. The second kappa shape index (κ2) is 4.70. The molecule has 0 N–H and O–H groups in total. The second-order valence-electron chi connectivity index (χ2n) is 2.27. The summed E-state index contributed by atoms with van der Waals surface area (Å²) in [6.07, 6.45) is 0.